The second kappa shape index (κ2) is 9.67. The molecule has 0 bridgehead atoms. The van der Waals surface area contributed by atoms with Crippen LogP contribution in [0.5, 0.6) is 5.75 Å². The average molecular weight is 442 g/mol. The van der Waals surface area contributed by atoms with Gasteiger partial charge in [0, 0.05) is 50.5 Å². The van der Waals surface area contributed by atoms with Crippen LogP contribution in [0.4, 0.5) is 18.9 Å². The molecule has 1 aromatic carbocycles. The molecule has 174 valence electrons. The van der Waals surface area contributed by atoms with Crippen molar-refractivity contribution >= 4 is 5.69 Å². The number of hydrogen-bond acceptors (Lipinski definition) is 6. The zero-order chi connectivity index (χ0) is 22.6. The van der Waals surface area contributed by atoms with E-state index in [0.29, 0.717) is 44.0 Å². The second-order valence-corrected chi connectivity index (χ2v) is 8.81. The molecule has 0 spiro atoms. The first-order chi connectivity index (χ1) is 14.6. The number of piperazine rings is 1. The van der Waals surface area contributed by atoms with Gasteiger partial charge >= 0.3 is 6.18 Å². The minimum absolute atomic E-state index is 0.0519. The van der Waals surface area contributed by atoms with Crippen molar-refractivity contribution in [1.82, 2.24) is 15.1 Å². The highest BCUT2D eigenvalue weighted by molar-refractivity contribution is 5.52. The molecule has 1 aliphatic carbocycles. The van der Waals surface area contributed by atoms with Gasteiger partial charge in [0.05, 0.1) is 12.6 Å². The van der Waals surface area contributed by atoms with E-state index < -0.39 is 12.6 Å². The highest BCUT2D eigenvalue weighted by Gasteiger charge is 2.40. The van der Waals surface area contributed by atoms with E-state index >= 15 is 0 Å². The first-order valence-electron chi connectivity index (χ1n) is 10.8. The maximum atomic E-state index is 12.4. The van der Waals surface area contributed by atoms with Crippen LogP contribution in [0.3, 0.4) is 0 Å². The molecule has 1 saturated heterocycles. The van der Waals surface area contributed by atoms with Gasteiger partial charge < -0.3 is 26.4 Å². The molecule has 3 rings (SSSR count). The topological polar surface area (TPSA) is 79.8 Å². The molecule has 1 aromatic rings. The third kappa shape index (κ3) is 7.29. The van der Waals surface area contributed by atoms with E-state index in [1.54, 1.807) is 0 Å². The molecular formula is C22H34F3N5O. The summed E-state index contributed by atoms with van der Waals surface area (Å²) >= 11 is 0. The number of nitrogens with two attached hydrogens (primary N) is 2. The van der Waals surface area contributed by atoms with Crippen LogP contribution in [0.25, 0.3) is 0 Å². The number of benzene rings is 1. The van der Waals surface area contributed by atoms with Gasteiger partial charge in [-0.25, -0.2) is 0 Å². The van der Waals surface area contributed by atoms with E-state index in [1.165, 1.54) is 0 Å². The predicted octanol–water partition coefficient (Wildman–Crippen LogP) is 2.70. The number of nitrogens with zero attached hydrogens (tertiary/aromatic N) is 2. The summed E-state index contributed by atoms with van der Waals surface area (Å²) in [6.07, 6.45) is -0.384. The summed E-state index contributed by atoms with van der Waals surface area (Å²) in [7, 11) is 1.85. The van der Waals surface area contributed by atoms with Crippen molar-refractivity contribution in [2.75, 3.05) is 45.5 Å². The Morgan fingerprint density at radius 1 is 1.26 bits per heavy atom. The van der Waals surface area contributed by atoms with Crippen LogP contribution in [0.15, 0.2) is 30.0 Å². The summed E-state index contributed by atoms with van der Waals surface area (Å²) in [5, 5.41) is 3.24. The van der Waals surface area contributed by atoms with E-state index in [4.69, 9.17) is 16.2 Å². The number of alkyl halides is 3. The van der Waals surface area contributed by atoms with Gasteiger partial charge in [0.15, 0.2) is 0 Å². The fraction of sp³-hybridized carbons (Fsp3) is 0.636. The Kier molecular flexibility index (Phi) is 7.39. The number of allylic oxidation sites excluding steroid dienone is 1. The van der Waals surface area contributed by atoms with Gasteiger partial charge in [0.25, 0.3) is 0 Å². The zero-order valence-corrected chi connectivity index (χ0v) is 18.3. The second-order valence-electron chi connectivity index (χ2n) is 8.81. The van der Waals surface area contributed by atoms with E-state index in [1.807, 2.05) is 36.2 Å². The number of nitrogen functional groups attached to an aromatic ring is 1. The molecule has 0 amide bonds. The molecule has 6 nitrogen and oxygen atoms in total. The molecule has 2 fully saturated rings. The molecule has 31 heavy (non-hydrogen) atoms. The van der Waals surface area contributed by atoms with E-state index in [9.17, 15) is 13.2 Å². The largest absolute Gasteiger partial charge is 0.488 e. The SMILES string of the molecule is CNC(/C=C(\N)Cc1cc(OC2(C)CC2)ccc1N)N1CCN(CCC(F)(F)F)CC1. The molecule has 1 saturated carbocycles. The monoisotopic (exact) mass is 441 g/mol. The van der Waals surface area contributed by atoms with E-state index in [2.05, 4.69) is 17.1 Å². The van der Waals surface area contributed by atoms with Crippen molar-refractivity contribution in [3.05, 3.63) is 35.5 Å². The van der Waals surface area contributed by atoms with Crippen LogP contribution < -0.4 is 21.5 Å². The summed E-state index contributed by atoms with van der Waals surface area (Å²) in [6, 6.07) is 5.68. The number of rotatable bonds is 9. The van der Waals surface area contributed by atoms with Crippen molar-refractivity contribution in [3.63, 3.8) is 0 Å². The highest BCUT2D eigenvalue weighted by atomic mass is 19.4. The van der Waals surface area contributed by atoms with E-state index in [0.717, 1.165) is 24.2 Å². The van der Waals surface area contributed by atoms with Crippen molar-refractivity contribution in [2.24, 2.45) is 5.73 Å². The lowest BCUT2D eigenvalue weighted by molar-refractivity contribution is -0.138. The quantitative estimate of drug-likeness (QED) is 0.512. The smallest absolute Gasteiger partial charge is 0.390 e. The van der Waals surface area contributed by atoms with Gasteiger partial charge in [-0.3, -0.25) is 4.90 Å². The Labute approximate surface area is 182 Å². The molecule has 0 aromatic heterocycles. The Morgan fingerprint density at radius 2 is 1.94 bits per heavy atom. The molecule has 9 heteroatoms. The third-order valence-electron chi connectivity index (χ3n) is 6.01. The van der Waals surface area contributed by atoms with Crippen molar-refractivity contribution < 1.29 is 17.9 Å². The lowest BCUT2D eigenvalue weighted by Gasteiger charge is -2.38. The number of hydrogen-bond donors (Lipinski definition) is 3. The zero-order valence-electron chi connectivity index (χ0n) is 18.3. The first-order valence-corrected chi connectivity index (χ1v) is 10.8. The van der Waals surface area contributed by atoms with Gasteiger partial charge in [-0.15, -0.1) is 0 Å². The van der Waals surface area contributed by atoms with Gasteiger partial charge in [-0.05, 0) is 56.7 Å². The standard InChI is InChI=1S/C22H34F3N5O/c1-21(5-6-21)31-18-3-4-19(27)16(14-18)13-17(26)15-20(28-2)30-11-9-29(10-12-30)8-7-22(23,24)25/h3-4,14-15,20,28H,5-13,26-27H2,1-2H3/b17-15-. The lowest BCUT2D eigenvalue weighted by Crippen LogP contribution is -2.54. The number of likely N-dealkylation sites (N-methyl/N-ethyl adjacent to an activating group) is 1. The fourth-order valence-corrected chi connectivity index (χ4v) is 3.76. The Morgan fingerprint density at radius 3 is 2.52 bits per heavy atom. The Balaban J connectivity index is 1.56. The molecular weight excluding hydrogens is 407 g/mol. The number of nitrogens with one attached hydrogen (secondary N) is 1. The van der Waals surface area contributed by atoms with Crippen LogP contribution in [0.1, 0.15) is 31.7 Å². The molecule has 1 atom stereocenters. The molecule has 5 N–H and O–H groups in total. The van der Waals surface area contributed by atoms with E-state index in [-0.39, 0.29) is 18.3 Å². The van der Waals surface area contributed by atoms with Crippen LogP contribution in [0.2, 0.25) is 0 Å². The van der Waals surface area contributed by atoms with Gasteiger partial charge in [0.1, 0.15) is 11.4 Å². The number of halogens is 3. The van der Waals surface area contributed by atoms with Crippen LogP contribution >= 0.6 is 0 Å². The van der Waals surface area contributed by atoms with Gasteiger partial charge in [-0.2, -0.15) is 13.2 Å². The van der Waals surface area contributed by atoms with Crippen LogP contribution in [0, 0.1) is 0 Å². The fourth-order valence-electron chi connectivity index (χ4n) is 3.76. The summed E-state index contributed by atoms with van der Waals surface area (Å²) in [4.78, 5) is 4.05. The third-order valence-corrected chi connectivity index (χ3v) is 6.01. The van der Waals surface area contributed by atoms with Gasteiger partial charge in [0.2, 0.25) is 0 Å². The summed E-state index contributed by atoms with van der Waals surface area (Å²) < 4.78 is 43.4. The van der Waals surface area contributed by atoms with Gasteiger partial charge in [-0.1, -0.05) is 0 Å². The molecule has 0 radical (unpaired) electrons. The summed E-state index contributed by atoms with van der Waals surface area (Å²) in [6.45, 7) is 4.71. The summed E-state index contributed by atoms with van der Waals surface area (Å²) in [5.74, 6) is 0.803. The number of anilines is 1. The average Bonchev–Trinajstić information content (AvgIpc) is 3.43. The minimum atomic E-state index is -4.11. The molecule has 2 aliphatic rings. The van der Waals surface area contributed by atoms with Crippen molar-refractivity contribution in [3.8, 4) is 5.75 Å². The van der Waals surface area contributed by atoms with Crippen LogP contribution in [-0.2, 0) is 6.42 Å². The maximum Gasteiger partial charge on any atom is 0.390 e. The molecule has 1 heterocycles. The molecule has 1 aliphatic heterocycles. The van der Waals surface area contributed by atoms with Crippen LogP contribution in [-0.4, -0.2) is 67.5 Å². The normalized spacial score (nSPS) is 21.1. The number of ether oxygens (including phenoxy) is 1. The Bertz CT molecular complexity index is 771. The van der Waals surface area contributed by atoms with Crippen molar-refractivity contribution in [2.45, 2.75) is 50.6 Å². The lowest BCUT2D eigenvalue weighted by atomic mass is 10.1. The molecule has 1 unspecified atom stereocenters. The Hall–Kier alpha value is -1.97. The first kappa shape index (κ1) is 23.7. The minimum Gasteiger partial charge on any atom is -0.488 e. The van der Waals surface area contributed by atoms with Crippen molar-refractivity contribution in [1.29, 1.82) is 0 Å². The highest BCUT2D eigenvalue weighted by Crippen LogP contribution is 2.40. The predicted molar refractivity (Wildman–Crippen MR) is 117 cm³/mol. The maximum absolute atomic E-state index is 12.4. The summed E-state index contributed by atoms with van der Waals surface area (Å²) in [5.41, 5.74) is 14.7.